The van der Waals surface area contributed by atoms with Gasteiger partial charge in [0.05, 0.1) is 11.6 Å². The molecule has 0 radical (unpaired) electrons. The first-order valence-corrected chi connectivity index (χ1v) is 8.00. The molecule has 0 saturated heterocycles. The molecule has 1 aliphatic carbocycles. The molecule has 0 spiro atoms. The quantitative estimate of drug-likeness (QED) is 0.802. The van der Waals surface area contributed by atoms with Crippen molar-refractivity contribution in [1.82, 2.24) is 0 Å². The lowest BCUT2D eigenvalue weighted by molar-refractivity contribution is 0.0696. The highest BCUT2D eigenvalue weighted by Gasteiger charge is 2.38. The molecule has 2 aliphatic rings. The van der Waals surface area contributed by atoms with Crippen LogP contribution in [-0.2, 0) is 0 Å². The lowest BCUT2D eigenvalue weighted by atomic mass is 9.76. The summed E-state index contributed by atoms with van der Waals surface area (Å²) in [5.74, 6) is -0.141. The monoisotopic (exact) mass is 305 g/mol. The lowest BCUT2D eigenvalue weighted by Crippen LogP contribution is -2.29. The fourth-order valence-corrected chi connectivity index (χ4v) is 3.83. The smallest absolute Gasteiger partial charge is 0.335 e. The molecule has 0 bridgehead atoms. The van der Waals surface area contributed by atoms with Crippen LogP contribution < -0.4 is 5.32 Å². The lowest BCUT2D eigenvalue weighted by Gasteiger charge is -2.37. The highest BCUT2D eigenvalue weighted by Crippen LogP contribution is 2.49. The molecule has 0 aromatic heterocycles. The number of nitrogens with one attached hydrogen (secondary N) is 1. The zero-order chi connectivity index (χ0) is 16.0. The molecule has 1 aliphatic heterocycles. The van der Waals surface area contributed by atoms with Gasteiger partial charge >= 0.3 is 5.97 Å². The predicted molar refractivity (Wildman–Crippen MR) is 90.9 cm³/mol. The molecule has 3 atom stereocenters. The van der Waals surface area contributed by atoms with Gasteiger partial charge in [-0.15, -0.1) is 0 Å². The van der Waals surface area contributed by atoms with E-state index in [2.05, 4.69) is 48.7 Å². The van der Waals surface area contributed by atoms with Crippen molar-refractivity contribution in [2.24, 2.45) is 5.92 Å². The van der Waals surface area contributed by atoms with E-state index in [0.717, 1.165) is 17.7 Å². The number of allylic oxidation sites excluding steroid dienone is 2. The van der Waals surface area contributed by atoms with Crippen LogP contribution in [0, 0.1) is 12.8 Å². The first-order valence-electron chi connectivity index (χ1n) is 8.00. The van der Waals surface area contributed by atoms with Crippen LogP contribution in [0.15, 0.2) is 54.6 Å². The molecule has 0 unspecified atom stereocenters. The summed E-state index contributed by atoms with van der Waals surface area (Å²) in [6.45, 7) is 2.10. The fraction of sp³-hybridized carbons (Fsp3) is 0.250. The van der Waals surface area contributed by atoms with E-state index in [1.165, 1.54) is 11.1 Å². The van der Waals surface area contributed by atoms with Gasteiger partial charge in [0, 0.05) is 11.6 Å². The second kappa shape index (κ2) is 5.27. The Morgan fingerprint density at radius 1 is 1.17 bits per heavy atom. The molecular formula is C20H19NO2. The normalized spacial score (nSPS) is 24.7. The average Bonchev–Trinajstić information content (AvgIpc) is 3.04. The van der Waals surface area contributed by atoms with Crippen LogP contribution in [0.4, 0.5) is 5.69 Å². The van der Waals surface area contributed by atoms with Crippen LogP contribution >= 0.6 is 0 Å². The van der Waals surface area contributed by atoms with Gasteiger partial charge < -0.3 is 10.4 Å². The van der Waals surface area contributed by atoms with E-state index in [4.69, 9.17) is 0 Å². The third-order valence-corrected chi connectivity index (χ3v) is 5.05. The Balaban J connectivity index is 1.77. The van der Waals surface area contributed by atoms with Gasteiger partial charge in [0.25, 0.3) is 0 Å². The van der Waals surface area contributed by atoms with E-state index in [9.17, 15) is 9.90 Å². The highest BCUT2D eigenvalue weighted by atomic mass is 16.4. The minimum Gasteiger partial charge on any atom is -0.478 e. The molecule has 1 heterocycles. The molecule has 3 nitrogen and oxygen atoms in total. The number of rotatable bonds is 2. The molecule has 4 rings (SSSR count). The molecule has 2 aromatic rings. The van der Waals surface area contributed by atoms with E-state index < -0.39 is 5.97 Å². The van der Waals surface area contributed by atoms with E-state index in [1.54, 1.807) is 6.07 Å². The maximum atomic E-state index is 11.3. The summed E-state index contributed by atoms with van der Waals surface area (Å²) in [4.78, 5) is 11.3. The van der Waals surface area contributed by atoms with Gasteiger partial charge in [0.2, 0.25) is 0 Å². The van der Waals surface area contributed by atoms with Crippen molar-refractivity contribution in [3.63, 3.8) is 0 Å². The SMILES string of the molecule is Cc1ccc([C@@H]2Nc3ccc(C(=O)O)cc3[C@@H]3C=CC[C@@H]32)cc1. The first-order chi connectivity index (χ1) is 11.1. The maximum Gasteiger partial charge on any atom is 0.335 e. The predicted octanol–water partition coefficient (Wildman–Crippen LogP) is 4.52. The standard InChI is InChI=1S/C20H19NO2/c1-12-5-7-13(8-6-12)19-16-4-2-3-15(16)17-11-14(20(22)23)9-10-18(17)21-19/h2-3,5-11,15-16,19,21H,4H2,1H3,(H,22,23)/t15-,16+,19+/m1/s1. The molecule has 0 amide bonds. The summed E-state index contributed by atoms with van der Waals surface area (Å²) in [6.07, 6.45) is 5.48. The van der Waals surface area contributed by atoms with Crippen molar-refractivity contribution < 1.29 is 9.90 Å². The molecule has 0 fully saturated rings. The molecule has 2 aromatic carbocycles. The number of fused-ring (bicyclic) bond motifs is 3. The maximum absolute atomic E-state index is 11.3. The number of carbonyl (C=O) groups is 1. The number of aryl methyl sites for hydroxylation is 1. The van der Waals surface area contributed by atoms with Gasteiger partial charge in [-0.25, -0.2) is 4.79 Å². The number of aromatic carboxylic acids is 1. The summed E-state index contributed by atoms with van der Waals surface area (Å²) in [5.41, 5.74) is 5.07. The topological polar surface area (TPSA) is 49.3 Å². The van der Waals surface area contributed by atoms with Crippen molar-refractivity contribution in [3.8, 4) is 0 Å². The Hall–Kier alpha value is -2.55. The summed E-state index contributed by atoms with van der Waals surface area (Å²) in [5, 5.41) is 12.9. The second-order valence-corrected chi connectivity index (χ2v) is 6.49. The largest absolute Gasteiger partial charge is 0.478 e. The second-order valence-electron chi connectivity index (χ2n) is 6.49. The van der Waals surface area contributed by atoms with Crippen molar-refractivity contribution in [1.29, 1.82) is 0 Å². The van der Waals surface area contributed by atoms with Gasteiger partial charge in [-0.2, -0.15) is 0 Å². The molecule has 3 heteroatoms. The van der Waals surface area contributed by atoms with Gasteiger partial charge in [-0.1, -0.05) is 42.0 Å². The fourth-order valence-electron chi connectivity index (χ4n) is 3.83. The zero-order valence-electron chi connectivity index (χ0n) is 13.0. The van der Waals surface area contributed by atoms with Crippen molar-refractivity contribution in [3.05, 3.63) is 76.9 Å². The van der Waals surface area contributed by atoms with E-state index >= 15 is 0 Å². The summed E-state index contributed by atoms with van der Waals surface area (Å²) in [6, 6.07) is 14.4. The minimum atomic E-state index is -0.869. The van der Waals surface area contributed by atoms with E-state index in [-0.39, 0.29) is 12.0 Å². The number of carboxylic acids is 1. The zero-order valence-corrected chi connectivity index (χ0v) is 13.0. The van der Waals surface area contributed by atoms with Crippen molar-refractivity contribution >= 4 is 11.7 Å². The van der Waals surface area contributed by atoms with E-state index in [1.807, 2.05) is 12.1 Å². The van der Waals surface area contributed by atoms with Crippen molar-refractivity contribution in [2.45, 2.75) is 25.3 Å². The summed E-state index contributed by atoms with van der Waals surface area (Å²) in [7, 11) is 0. The Morgan fingerprint density at radius 3 is 2.70 bits per heavy atom. The number of anilines is 1. The molecule has 0 saturated carbocycles. The Bertz CT molecular complexity index is 792. The summed E-state index contributed by atoms with van der Waals surface area (Å²) < 4.78 is 0. The van der Waals surface area contributed by atoms with Crippen LogP contribution in [0.5, 0.6) is 0 Å². The number of hydrogen-bond acceptors (Lipinski definition) is 2. The number of hydrogen-bond donors (Lipinski definition) is 2. The van der Waals surface area contributed by atoms with Gasteiger partial charge in [-0.05, 0) is 48.6 Å². The first kappa shape index (κ1) is 14.1. The van der Waals surface area contributed by atoms with Crippen molar-refractivity contribution in [2.75, 3.05) is 5.32 Å². The molecular weight excluding hydrogens is 286 g/mol. The van der Waals surface area contributed by atoms with Crippen LogP contribution in [0.2, 0.25) is 0 Å². The van der Waals surface area contributed by atoms with Crippen LogP contribution in [0.1, 0.15) is 45.4 Å². The van der Waals surface area contributed by atoms with Gasteiger partial charge in [0.15, 0.2) is 0 Å². The number of benzene rings is 2. The Kier molecular flexibility index (Phi) is 3.22. The van der Waals surface area contributed by atoms with Crippen LogP contribution in [-0.4, -0.2) is 11.1 Å². The van der Waals surface area contributed by atoms with Gasteiger partial charge in [0.1, 0.15) is 0 Å². The van der Waals surface area contributed by atoms with Gasteiger partial charge in [-0.3, -0.25) is 0 Å². The Labute approximate surface area is 135 Å². The molecule has 2 N–H and O–H groups in total. The van der Waals surface area contributed by atoms with Crippen LogP contribution in [0.25, 0.3) is 0 Å². The average molecular weight is 305 g/mol. The minimum absolute atomic E-state index is 0.263. The highest BCUT2D eigenvalue weighted by molar-refractivity contribution is 5.89. The van der Waals surface area contributed by atoms with Crippen LogP contribution in [0.3, 0.4) is 0 Å². The molecule has 116 valence electrons. The third kappa shape index (κ3) is 2.33. The third-order valence-electron chi connectivity index (χ3n) is 5.05. The number of carboxylic acid groups (broad SMARTS) is 1. The molecule has 23 heavy (non-hydrogen) atoms. The van der Waals surface area contributed by atoms with E-state index in [0.29, 0.717) is 11.5 Å². The Morgan fingerprint density at radius 2 is 1.96 bits per heavy atom. The summed E-state index contributed by atoms with van der Waals surface area (Å²) >= 11 is 0.